The molecule has 0 aliphatic carbocycles. The fraction of sp³-hybridized carbons (Fsp3) is 0.143. The number of ether oxygens (including phenoxy) is 1. The minimum absolute atomic E-state index is 0.238. The molecule has 0 spiro atoms. The number of aromatic nitrogens is 1. The molecular weight excluding hydrogens is 283 g/mol. The van der Waals surface area contributed by atoms with Gasteiger partial charge in [0.2, 0.25) is 0 Å². The van der Waals surface area contributed by atoms with Crippen LogP contribution in [0.15, 0.2) is 30.3 Å². The van der Waals surface area contributed by atoms with Gasteiger partial charge in [0.1, 0.15) is 11.4 Å². The van der Waals surface area contributed by atoms with Gasteiger partial charge in [0.15, 0.2) is 0 Å². The highest BCUT2D eigenvalue weighted by Gasteiger charge is 2.12. The molecule has 0 aliphatic heterocycles. The number of rotatable bonds is 3. The maximum atomic E-state index is 8.73. The van der Waals surface area contributed by atoms with Crippen LogP contribution in [-0.4, -0.2) is 12.1 Å². The van der Waals surface area contributed by atoms with E-state index in [1.165, 1.54) is 0 Å². The Morgan fingerprint density at radius 3 is 2.68 bits per heavy atom. The SMILES string of the molecule is COc1ccc(CC#N)nc1-c1ccc(Cl)cc1Cl. The molecule has 19 heavy (non-hydrogen) atoms. The number of benzene rings is 1. The van der Waals surface area contributed by atoms with Crippen LogP contribution >= 0.6 is 23.2 Å². The molecule has 0 bridgehead atoms. The molecule has 3 nitrogen and oxygen atoms in total. The lowest BCUT2D eigenvalue weighted by Gasteiger charge is -2.10. The van der Waals surface area contributed by atoms with E-state index in [1.54, 1.807) is 37.4 Å². The first-order valence-corrected chi connectivity index (χ1v) is 6.27. The second-order valence-electron chi connectivity index (χ2n) is 3.81. The standard InChI is InChI=1S/C14H10Cl2N2O/c1-19-13-5-3-10(6-7-17)18-14(13)11-4-2-9(15)8-12(11)16/h2-5,8H,6H2,1H3. The van der Waals surface area contributed by atoms with Gasteiger partial charge in [0.05, 0.1) is 30.3 Å². The van der Waals surface area contributed by atoms with Crippen molar-refractivity contribution in [2.24, 2.45) is 0 Å². The summed E-state index contributed by atoms with van der Waals surface area (Å²) >= 11 is 12.1. The minimum Gasteiger partial charge on any atom is -0.494 e. The average molecular weight is 293 g/mol. The third kappa shape index (κ3) is 2.98. The summed E-state index contributed by atoms with van der Waals surface area (Å²) in [5.41, 5.74) is 2.00. The Labute approximate surface area is 121 Å². The Kier molecular flexibility index (Phi) is 4.26. The molecule has 0 atom stereocenters. The monoisotopic (exact) mass is 292 g/mol. The molecule has 1 aromatic carbocycles. The summed E-state index contributed by atoms with van der Waals surface area (Å²) in [5.74, 6) is 0.603. The van der Waals surface area contributed by atoms with Crippen molar-refractivity contribution in [1.82, 2.24) is 4.98 Å². The molecule has 5 heteroatoms. The Balaban J connectivity index is 2.58. The summed E-state index contributed by atoms with van der Waals surface area (Å²) in [6, 6.07) is 10.8. The lowest BCUT2D eigenvalue weighted by atomic mass is 10.1. The summed E-state index contributed by atoms with van der Waals surface area (Å²) < 4.78 is 5.28. The predicted octanol–water partition coefficient (Wildman–Crippen LogP) is 4.13. The molecule has 2 aromatic rings. The van der Waals surface area contributed by atoms with Crippen molar-refractivity contribution in [2.45, 2.75) is 6.42 Å². The number of hydrogen-bond acceptors (Lipinski definition) is 3. The van der Waals surface area contributed by atoms with Crippen molar-refractivity contribution in [1.29, 1.82) is 5.26 Å². The van der Waals surface area contributed by atoms with Gasteiger partial charge in [-0.1, -0.05) is 23.2 Å². The molecule has 0 radical (unpaired) electrons. The summed E-state index contributed by atoms with van der Waals surface area (Å²) in [6.07, 6.45) is 0.238. The fourth-order valence-corrected chi connectivity index (χ4v) is 2.20. The van der Waals surface area contributed by atoms with Crippen LogP contribution in [0.25, 0.3) is 11.3 Å². The number of nitrogens with zero attached hydrogens (tertiary/aromatic N) is 2. The van der Waals surface area contributed by atoms with Gasteiger partial charge in [-0.05, 0) is 30.3 Å². The number of halogens is 2. The zero-order valence-corrected chi connectivity index (χ0v) is 11.7. The summed E-state index contributed by atoms with van der Waals surface area (Å²) in [5, 5.41) is 9.78. The maximum Gasteiger partial charge on any atom is 0.145 e. The van der Waals surface area contributed by atoms with Crippen molar-refractivity contribution in [2.75, 3.05) is 7.11 Å². The molecular formula is C14H10Cl2N2O. The van der Waals surface area contributed by atoms with Gasteiger partial charge in [-0.3, -0.25) is 0 Å². The van der Waals surface area contributed by atoms with Crippen molar-refractivity contribution < 1.29 is 4.74 Å². The quantitative estimate of drug-likeness (QED) is 0.854. The van der Waals surface area contributed by atoms with Crippen LogP contribution < -0.4 is 4.74 Å². The van der Waals surface area contributed by atoms with E-state index in [1.807, 2.05) is 0 Å². The van der Waals surface area contributed by atoms with E-state index in [0.717, 1.165) is 5.56 Å². The first kappa shape index (κ1) is 13.7. The highest BCUT2D eigenvalue weighted by molar-refractivity contribution is 6.36. The molecule has 0 N–H and O–H groups in total. The number of methoxy groups -OCH3 is 1. The third-order valence-electron chi connectivity index (χ3n) is 2.58. The Morgan fingerprint density at radius 1 is 1.26 bits per heavy atom. The smallest absolute Gasteiger partial charge is 0.145 e. The Bertz CT molecular complexity index is 650. The van der Waals surface area contributed by atoms with Crippen molar-refractivity contribution in [3.8, 4) is 23.1 Å². The van der Waals surface area contributed by atoms with Crippen LogP contribution in [0.1, 0.15) is 5.69 Å². The largest absolute Gasteiger partial charge is 0.494 e. The maximum absolute atomic E-state index is 8.73. The molecule has 2 rings (SSSR count). The molecule has 0 unspecified atom stereocenters. The highest BCUT2D eigenvalue weighted by atomic mass is 35.5. The number of pyridine rings is 1. The van der Waals surface area contributed by atoms with Crippen molar-refractivity contribution in [3.05, 3.63) is 46.1 Å². The summed E-state index contributed by atoms with van der Waals surface area (Å²) in [7, 11) is 1.56. The Hall–Kier alpha value is -1.76. The predicted molar refractivity (Wildman–Crippen MR) is 75.6 cm³/mol. The summed E-state index contributed by atoms with van der Waals surface area (Å²) in [4.78, 5) is 4.42. The van der Waals surface area contributed by atoms with Crippen LogP contribution in [0.4, 0.5) is 0 Å². The lowest BCUT2D eigenvalue weighted by Crippen LogP contribution is -1.96. The van der Waals surface area contributed by atoms with Crippen LogP contribution in [-0.2, 0) is 6.42 Å². The second-order valence-corrected chi connectivity index (χ2v) is 4.66. The van der Waals surface area contributed by atoms with Crippen LogP contribution in [0.3, 0.4) is 0 Å². The van der Waals surface area contributed by atoms with Gasteiger partial charge in [0, 0.05) is 10.6 Å². The van der Waals surface area contributed by atoms with Crippen LogP contribution in [0, 0.1) is 11.3 Å². The van der Waals surface area contributed by atoms with Crippen LogP contribution in [0.2, 0.25) is 10.0 Å². The highest BCUT2D eigenvalue weighted by Crippen LogP contribution is 2.34. The molecule has 0 fully saturated rings. The van der Waals surface area contributed by atoms with Gasteiger partial charge in [-0.15, -0.1) is 0 Å². The number of hydrogen-bond donors (Lipinski definition) is 0. The fourth-order valence-electron chi connectivity index (χ4n) is 1.71. The first-order chi connectivity index (χ1) is 9.15. The van der Waals surface area contributed by atoms with Gasteiger partial charge >= 0.3 is 0 Å². The van der Waals surface area contributed by atoms with E-state index >= 15 is 0 Å². The molecule has 1 aromatic heterocycles. The van der Waals surface area contributed by atoms with E-state index in [4.69, 9.17) is 33.2 Å². The van der Waals surface area contributed by atoms with E-state index in [2.05, 4.69) is 11.1 Å². The van der Waals surface area contributed by atoms with Gasteiger partial charge in [-0.2, -0.15) is 5.26 Å². The molecule has 0 aliphatic rings. The normalized spacial score (nSPS) is 10.0. The van der Waals surface area contributed by atoms with E-state index in [9.17, 15) is 0 Å². The van der Waals surface area contributed by atoms with Gasteiger partial charge in [0.25, 0.3) is 0 Å². The van der Waals surface area contributed by atoms with Crippen molar-refractivity contribution >= 4 is 23.2 Å². The lowest BCUT2D eigenvalue weighted by molar-refractivity contribution is 0.414. The van der Waals surface area contributed by atoms with Crippen LogP contribution in [0.5, 0.6) is 5.75 Å². The second kappa shape index (κ2) is 5.92. The van der Waals surface area contributed by atoms with E-state index in [0.29, 0.717) is 27.2 Å². The van der Waals surface area contributed by atoms with Crippen molar-refractivity contribution in [3.63, 3.8) is 0 Å². The van der Waals surface area contributed by atoms with E-state index in [-0.39, 0.29) is 6.42 Å². The molecule has 0 saturated carbocycles. The van der Waals surface area contributed by atoms with Gasteiger partial charge < -0.3 is 4.74 Å². The molecule has 0 saturated heterocycles. The minimum atomic E-state index is 0.238. The zero-order chi connectivity index (χ0) is 13.8. The Morgan fingerprint density at radius 2 is 2.05 bits per heavy atom. The topological polar surface area (TPSA) is 45.9 Å². The number of nitriles is 1. The van der Waals surface area contributed by atoms with E-state index < -0.39 is 0 Å². The zero-order valence-electron chi connectivity index (χ0n) is 10.2. The summed E-state index contributed by atoms with van der Waals surface area (Å²) in [6.45, 7) is 0. The third-order valence-corrected chi connectivity index (χ3v) is 3.13. The molecule has 1 heterocycles. The molecule has 96 valence electrons. The molecule has 0 amide bonds. The average Bonchev–Trinajstić information content (AvgIpc) is 2.39. The first-order valence-electron chi connectivity index (χ1n) is 5.52. The van der Waals surface area contributed by atoms with Gasteiger partial charge in [-0.25, -0.2) is 4.98 Å².